The summed E-state index contributed by atoms with van der Waals surface area (Å²) in [5.74, 6) is -1.97. The minimum Gasteiger partial charge on any atom is -0.495 e. The van der Waals surface area contributed by atoms with Gasteiger partial charge in [-0.1, -0.05) is 11.6 Å². The van der Waals surface area contributed by atoms with Gasteiger partial charge in [-0.3, -0.25) is 9.59 Å². The van der Waals surface area contributed by atoms with Crippen LogP contribution in [-0.4, -0.2) is 42.5 Å². The van der Waals surface area contributed by atoms with Gasteiger partial charge in [0, 0.05) is 23.8 Å². The van der Waals surface area contributed by atoms with Crippen LogP contribution in [0, 0.1) is 0 Å². The van der Waals surface area contributed by atoms with E-state index in [0.717, 1.165) is 6.20 Å². The molecule has 1 atom stereocenters. The monoisotopic (exact) mass is 376 g/mol. The van der Waals surface area contributed by atoms with Crippen LogP contribution >= 0.6 is 11.6 Å². The summed E-state index contributed by atoms with van der Waals surface area (Å²) < 4.78 is 41.9. The molecule has 1 saturated heterocycles. The van der Waals surface area contributed by atoms with Gasteiger partial charge in [0.1, 0.15) is 11.8 Å². The second-order valence-corrected chi connectivity index (χ2v) is 5.84. The van der Waals surface area contributed by atoms with Crippen LogP contribution in [0.25, 0.3) is 0 Å². The van der Waals surface area contributed by atoms with Gasteiger partial charge in [0.05, 0.1) is 12.8 Å². The van der Waals surface area contributed by atoms with Gasteiger partial charge in [-0.25, -0.2) is 0 Å². The molecule has 1 aliphatic heterocycles. The number of benzene rings is 1. The first-order valence-electron chi connectivity index (χ1n) is 7.42. The number of nitrogens with zero attached hydrogens (tertiary/aromatic N) is 1. The molecule has 0 radical (unpaired) electrons. The number of carbonyl (C=O) groups is 2. The van der Waals surface area contributed by atoms with Gasteiger partial charge < -0.3 is 15.0 Å². The number of methoxy groups -OCH3 is 1. The lowest BCUT2D eigenvalue weighted by molar-refractivity contribution is -0.165. The number of halogens is 4. The zero-order valence-corrected chi connectivity index (χ0v) is 14.0. The van der Waals surface area contributed by atoms with Crippen LogP contribution in [0.2, 0.25) is 5.02 Å². The Bertz CT molecular complexity index is 692. The van der Waals surface area contributed by atoms with Gasteiger partial charge in [-0.2, -0.15) is 13.2 Å². The third kappa shape index (κ3) is 4.88. The van der Waals surface area contributed by atoms with E-state index in [-0.39, 0.29) is 0 Å². The van der Waals surface area contributed by atoms with Crippen LogP contribution in [0.4, 0.5) is 18.9 Å². The van der Waals surface area contributed by atoms with Crippen molar-refractivity contribution in [2.75, 3.05) is 19.0 Å². The van der Waals surface area contributed by atoms with Crippen LogP contribution < -0.4 is 10.1 Å². The zero-order chi connectivity index (χ0) is 18.6. The van der Waals surface area contributed by atoms with Crippen molar-refractivity contribution >= 4 is 29.0 Å². The zero-order valence-electron chi connectivity index (χ0n) is 13.3. The minimum atomic E-state index is -4.93. The number of carbonyl (C=O) groups excluding carboxylic acids is 2. The molecule has 2 rings (SSSR count). The summed E-state index contributed by atoms with van der Waals surface area (Å²) in [6.45, 7) is 0.381. The fraction of sp³-hybridized carbons (Fsp3) is 0.375. The van der Waals surface area contributed by atoms with Crippen LogP contribution in [0.15, 0.2) is 30.5 Å². The highest BCUT2D eigenvalue weighted by molar-refractivity contribution is 6.31. The van der Waals surface area contributed by atoms with Crippen molar-refractivity contribution in [3.63, 3.8) is 0 Å². The highest BCUT2D eigenvalue weighted by atomic mass is 35.5. The molecular formula is C16H16ClF3N2O3. The average Bonchev–Trinajstić information content (AvgIpc) is 3.00. The molecule has 136 valence electrons. The topological polar surface area (TPSA) is 58.6 Å². The molecule has 0 aliphatic carbocycles. The predicted molar refractivity (Wildman–Crippen MR) is 86.6 cm³/mol. The van der Waals surface area contributed by atoms with Gasteiger partial charge in [0.25, 0.3) is 5.78 Å². The van der Waals surface area contributed by atoms with Gasteiger partial charge in [-0.05, 0) is 31.0 Å². The molecule has 1 aromatic carbocycles. The lowest BCUT2D eigenvalue weighted by Gasteiger charge is -2.22. The number of nitrogens with one attached hydrogen (secondary N) is 1. The first-order valence-corrected chi connectivity index (χ1v) is 7.79. The van der Waals surface area contributed by atoms with Gasteiger partial charge >= 0.3 is 6.18 Å². The molecule has 1 heterocycles. The smallest absolute Gasteiger partial charge is 0.454 e. The molecule has 1 unspecified atom stereocenters. The Labute approximate surface area is 147 Å². The molecule has 0 bridgehead atoms. The van der Waals surface area contributed by atoms with E-state index >= 15 is 0 Å². The molecule has 9 heteroatoms. The maximum atomic E-state index is 12.5. The molecule has 25 heavy (non-hydrogen) atoms. The third-order valence-corrected chi connectivity index (χ3v) is 3.95. The molecule has 0 saturated carbocycles. The van der Waals surface area contributed by atoms with Crippen molar-refractivity contribution in [2.24, 2.45) is 0 Å². The predicted octanol–water partition coefficient (Wildman–Crippen LogP) is 3.40. The Hall–Kier alpha value is -2.22. The Morgan fingerprint density at radius 1 is 1.40 bits per heavy atom. The highest BCUT2D eigenvalue weighted by Gasteiger charge is 2.37. The summed E-state index contributed by atoms with van der Waals surface area (Å²) >= 11 is 5.90. The Morgan fingerprint density at radius 2 is 2.12 bits per heavy atom. The summed E-state index contributed by atoms with van der Waals surface area (Å²) in [6, 6.07) is 4.02. The largest absolute Gasteiger partial charge is 0.495 e. The number of allylic oxidation sites excluding steroid dienone is 1. The van der Waals surface area contributed by atoms with Crippen molar-refractivity contribution < 1.29 is 27.5 Å². The lowest BCUT2D eigenvalue weighted by Crippen LogP contribution is -2.37. The van der Waals surface area contributed by atoms with Crippen molar-refractivity contribution in [1.29, 1.82) is 0 Å². The molecule has 1 N–H and O–H groups in total. The summed E-state index contributed by atoms with van der Waals surface area (Å²) in [7, 11) is 1.44. The number of ketones is 1. The quantitative estimate of drug-likeness (QED) is 0.800. The summed E-state index contributed by atoms with van der Waals surface area (Å²) in [5, 5.41) is 3.06. The van der Waals surface area contributed by atoms with Crippen molar-refractivity contribution in [2.45, 2.75) is 25.1 Å². The van der Waals surface area contributed by atoms with E-state index in [1.54, 1.807) is 12.1 Å². The Kier molecular flexibility index (Phi) is 5.94. The molecule has 1 aromatic rings. The summed E-state index contributed by atoms with van der Waals surface area (Å²) in [4.78, 5) is 24.8. The summed E-state index contributed by atoms with van der Waals surface area (Å²) in [5.41, 5.74) is 0.363. The van der Waals surface area contributed by atoms with Gasteiger partial charge in [0.2, 0.25) is 5.91 Å². The first-order chi connectivity index (χ1) is 11.7. The van der Waals surface area contributed by atoms with E-state index in [2.05, 4.69) is 5.32 Å². The molecule has 5 nitrogen and oxygen atoms in total. The van der Waals surface area contributed by atoms with E-state index in [4.69, 9.17) is 16.3 Å². The van der Waals surface area contributed by atoms with Gasteiger partial charge in [0.15, 0.2) is 0 Å². The second kappa shape index (κ2) is 7.77. The van der Waals surface area contributed by atoms with Crippen molar-refractivity contribution in [1.82, 2.24) is 4.90 Å². The number of rotatable bonds is 5. The lowest BCUT2D eigenvalue weighted by atomic mass is 10.2. The Morgan fingerprint density at radius 3 is 2.76 bits per heavy atom. The molecule has 0 spiro atoms. The number of likely N-dealkylation sites (tertiary alicyclic amines) is 1. The molecule has 1 aliphatic rings. The van der Waals surface area contributed by atoms with E-state index in [1.165, 1.54) is 18.1 Å². The fourth-order valence-corrected chi connectivity index (χ4v) is 2.67. The highest BCUT2D eigenvalue weighted by Crippen LogP contribution is 2.29. The number of hydrogen-bond acceptors (Lipinski definition) is 4. The molecule has 1 amide bonds. The average molecular weight is 377 g/mol. The number of alkyl halides is 3. The number of amides is 1. The van der Waals surface area contributed by atoms with E-state index in [1.807, 2.05) is 0 Å². The van der Waals surface area contributed by atoms with Gasteiger partial charge in [-0.15, -0.1) is 0 Å². The maximum Gasteiger partial charge on any atom is 0.454 e. The number of anilines is 1. The molecular weight excluding hydrogens is 361 g/mol. The van der Waals surface area contributed by atoms with E-state index in [0.29, 0.717) is 41.9 Å². The maximum absolute atomic E-state index is 12.5. The molecule has 0 aromatic heterocycles. The van der Waals surface area contributed by atoms with E-state index in [9.17, 15) is 22.8 Å². The summed E-state index contributed by atoms with van der Waals surface area (Å²) in [6.07, 6.45) is -2.40. The standard InChI is InChI=1S/C16H16ClF3N2O3/c1-25-13-5-4-10(17)9-11(13)21-15(24)12-3-2-7-22(12)8-6-14(23)16(18,19)20/h4-6,8-9,12H,2-3,7H2,1H3,(H,21,24)/b8-6+. The molecule has 1 fully saturated rings. The number of ether oxygens (including phenoxy) is 1. The van der Waals surface area contributed by atoms with Crippen LogP contribution in [-0.2, 0) is 9.59 Å². The van der Waals surface area contributed by atoms with Crippen molar-refractivity contribution in [3.05, 3.63) is 35.5 Å². The SMILES string of the molecule is COc1ccc(Cl)cc1NC(=O)C1CCCN1/C=C/C(=O)C(F)(F)F. The minimum absolute atomic E-state index is 0.363. The Balaban J connectivity index is 2.09. The fourth-order valence-electron chi connectivity index (χ4n) is 2.50. The van der Waals surface area contributed by atoms with E-state index < -0.39 is 23.9 Å². The second-order valence-electron chi connectivity index (χ2n) is 5.41. The normalized spacial score (nSPS) is 17.8. The number of hydrogen-bond donors (Lipinski definition) is 1. The van der Waals surface area contributed by atoms with Crippen LogP contribution in [0.5, 0.6) is 5.75 Å². The first kappa shape index (κ1) is 19.1. The van der Waals surface area contributed by atoms with Crippen LogP contribution in [0.3, 0.4) is 0 Å². The van der Waals surface area contributed by atoms with Crippen LogP contribution in [0.1, 0.15) is 12.8 Å². The third-order valence-electron chi connectivity index (χ3n) is 3.71. The van der Waals surface area contributed by atoms with Crippen molar-refractivity contribution in [3.8, 4) is 5.75 Å².